The SMILES string of the molecule is CC1CC(c2ccc3ccccc3c2)=NC(c2cc(-c3ccc4ccccc4c3)cc3oc4ccccc4c23)=NC1c1cccc2sc3ccccc3c12. The highest BCUT2D eigenvalue weighted by atomic mass is 32.1. The molecule has 3 heterocycles. The molecule has 3 nitrogen and oxygen atoms in total. The summed E-state index contributed by atoms with van der Waals surface area (Å²) in [4.78, 5) is 11.4. The van der Waals surface area contributed by atoms with E-state index in [2.05, 4.69) is 165 Å². The van der Waals surface area contributed by atoms with E-state index in [9.17, 15) is 0 Å². The van der Waals surface area contributed by atoms with Crippen LogP contribution in [0, 0.1) is 5.92 Å². The van der Waals surface area contributed by atoms with Gasteiger partial charge in [0.2, 0.25) is 0 Å². The monoisotopic (exact) mass is 710 g/mol. The summed E-state index contributed by atoms with van der Waals surface area (Å²) in [6.45, 7) is 2.34. The number of furan rings is 1. The molecule has 256 valence electrons. The normalized spacial score (nSPS) is 16.4. The molecule has 0 N–H and O–H groups in total. The van der Waals surface area contributed by atoms with Gasteiger partial charge in [0, 0.05) is 36.5 Å². The topological polar surface area (TPSA) is 37.9 Å². The number of nitrogens with zero attached hydrogens (tertiary/aromatic N) is 2. The van der Waals surface area contributed by atoms with Gasteiger partial charge in [-0.2, -0.15) is 0 Å². The first-order valence-corrected chi connectivity index (χ1v) is 19.5. The van der Waals surface area contributed by atoms with Crippen LogP contribution in [0.1, 0.15) is 36.1 Å². The Bertz CT molecular complexity index is 3180. The average molecular weight is 711 g/mol. The van der Waals surface area contributed by atoms with Crippen molar-refractivity contribution in [2.45, 2.75) is 19.4 Å². The van der Waals surface area contributed by atoms with Gasteiger partial charge in [-0.15, -0.1) is 11.3 Å². The Hall–Kier alpha value is -6.36. The van der Waals surface area contributed by atoms with Gasteiger partial charge in [0.1, 0.15) is 11.2 Å². The van der Waals surface area contributed by atoms with Gasteiger partial charge in [-0.05, 0) is 98.6 Å². The Morgan fingerprint density at radius 3 is 2.02 bits per heavy atom. The lowest BCUT2D eigenvalue weighted by molar-refractivity contribution is 0.496. The van der Waals surface area contributed by atoms with Gasteiger partial charge < -0.3 is 4.42 Å². The third kappa shape index (κ3) is 5.09. The lowest BCUT2D eigenvalue weighted by atomic mass is 9.87. The van der Waals surface area contributed by atoms with Crippen LogP contribution >= 0.6 is 11.3 Å². The van der Waals surface area contributed by atoms with Crippen molar-refractivity contribution in [3.8, 4) is 11.1 Å². The van der Waals surface area contributed by atoms with E-state index in [4.69, 9.17) is 14.4 Å². The van der Waals surface area contributed by atoms with Gasteiger partial charge in [-0.1, -0.05) is 128 Å². The zero-order chi connectivity index (χ0) is 35.8. The third-order valence-corrected chi connectivity index (χ3v) is 12.3. The first-order chi connectivity index (χ1) is 26.6. The van der Waals surface area contributed by atoms with Gasteiger partial charge in [-0.25, -0.2) is 4.99 Å². The Labute approximate surface area is 316 Å². The standard InChI is InChI=1S/C50H34N2OS/c1-30-25-42(36-24-22-32-12-3-5-14-34(32)27-36)51-50(52-49(30)40-17-10-20-46-48(40)39-16-7-9-19-45(39)54-46)41-28-37(35-23-21-31-11-2-4-13-33(31)26-35)29-44-47(41)38-15-6-8-18-43(38)53-44/h2-24,26-30,49H,25H2,1H3. The summed E-state index contributed by atoms with van der Waals surface area (Å²) >= 11 is 1.86. The molecule has 0 spiro atoms. The van der Waals surface area contributed by atoms with Crippen molar-refractivity contribution < 1.29 is 4.42 Å². The van der Waals surface area contributed by atoms with E-state index in [1.54, 1.807) is 0 Å². The second kappa shape index (κ2) is 12.4. The fourth-order valence-electron chi connectivity index (χ4n) is 8.55. The van der Waals surface area contributed by atoms with Gasteiger partial charge in [-0.3, -0.25) is 4.99 Å². The summed E-state index contributed by atoms with van der Waals surface area (Å²) in [6.07, 6.45) is 0.786. The number of para-hydroxylation sites is 1. The van der Waals surface area contributed by atoms with Crippen LogP contribution in [0.3, 0.4) is 0 Å². The highest BCUT2D eigenvalue weighted by molar-refractivity contribution is 7.25. The molecule has 0 saturated carbocycles. The van der Waals surface area contributed by atoms with Crippen LogP contribution in [0.5, 0.6) is 0 Å². The molecular weight excluding hydrogens is 677 g/mol. The molecule has 1 aliphatic heterocycles. The zero-order valence-corrected chi connectivity index (χ0v) is 30.5. The van der Waals surface area contributed by atoms with Gasteiger partial charge in [0.15, 0.2) is 5.84 Å². The Balaban J connectivity index is 1.19. The lowest BCUT2D eigenvalue weighted by Crippen LogP contribution is -2.12. The number of hydrogen-bond donors (Lipinski definition) is 0. The maximum Gasteiger partial charge on any atom is 0.156 e. The lowest BCUT2D eigenvalue weighted by Gasteiger charge is -2.21. The van der Waals surface area contributed by atoms with Crippen LogP contribution in [-0.2, 0) is 0 Å². The molecule has 10 aromatic rings. The smallest absolute Gasteiger partial charge is 0.156 e. The van der Waals surface area contributed by atoms with E-state index in [0.29, 0.717) is 0 Å². The fourth-order valence-corrected chi connectivity index (χ4v) is 9.69. The van der Waals surface area contributed by atoms with Gasteiger partial charge in [0.05, 0.1) is 11.8 Å². The molecule has 4 heteroatoms. The number of hydrogen-bond acceptors (Lipinski definition) is 4. The predicted octanol–water partition coefficient (Wildman–Crippen LogP) is 13.9. The van der Waals surface area contributed by atoms with E-state index >= 15 is 0 Å². The number of benzene rings is 8. The molecule has 0 saturated heterocycles. The molecule has 11 rings (SSSR count). The number of amidine groups is 1. The summed E-state index contributed by atoms with van der Waals surface area (Å²) in [5.74, 6) is 0.917. The second-order valence-corrected chi connectivity index (χ2v) is 15.7. The first-order valence-electron chi connectivity index (χ1n) is 18.6. The molecule has 0 aliphatic carbocycles. The molecule has 2 atom stereocenters. The molecule has 0 fully saturated rings. The minimum absolute atomic E-state index is 0.124. The molecular formula is C50H34N2OS. The quantitative estimate of drug-likeness (QED) is 0.179. The predicted molar refractivity (Wildman–Crippen MR) is 230 cm³/mol. The maximum absolute atomic E-state index is 6.65. The van der Waals surface area contributed by atoms with Crippen molar-refractivity contribution in [1.29, 1.82) is 0 Å². The van der Waals surface area contributed by atoms with Crippen molar-refractivity contribution in [3.63, 3.8) is 0 Å². The summed E-state index contributed by atoms with van der Waals surface area (Å²) < 4.78 is 9.24. The zero-order valence-electron chi connectivity index (χ0n) is 29.7. The third-order valence-electron chi connectivity index (χ3n) is 11.2. The van der Waals surface area contributed by atoms with Crippen LogP contribution in [0.15, 0.2) is 178 Å². The van der Waals surface area contributed by atoms with Crippen LogP contribution in [0.25, 0.3) is 74.8 Å². The summed E-state index contributed by atoms with van der Waals surface area (Å²) in [6, 6.07) is 58.7. The molecule has 0 radical (unpaired) electrons. The number of aliphatic imine (C=N–C) groups is 2. The van der Waals surface area contributed by atoms with Gasteiger partial charge >= 0.3 is 0 Å². The van der Waals surface area contributed by atoms with Crippen molar-refractivity contribution in [2.24, 2.45) is 15.9 Å². The molecule has 0 amide bonds. The molecule has 2 aromatic heterocycles. The van der Waals surface area contributed by atoms with Crippen LogP contribution < -0.4 is 0 Å². The molecule has 1 aliphatic rings. The summed E-state index contributed by atoms with van der Waals surface area (Å²) in [7, 11) is 0. The van der Waals surface area contributed by atoms with Crippen molar-refractivity contribution in [1.82, 2.24) is 0 Å². The molecule has 8 aromatic carbocycles. The van der Waals surface area contributed by atoms with Crippen LogP contribution in [-0.4, -0.2) is 11.5 Å². The number of thiophene rings is 1. The number of rotatable bonds is 4. The highest BCUT2D eigenvalue weighted by Crippen LogP contribution is 2.44. The minimum atomic E-state index is -0.124. The molecule has 54 heavy (non-hydrogen) atoms. The van der Waals surface area contributed by atoms with Crippen molar-refractivity contribution in [3.05, 3.63) is 180 Å². The van der Waals surface area contributed by atoms with E-state index in [0.717, 1.165) is 62.2 Å². The number of fused-ring (bicyclic) bond motifs is 8. The Kier molecular flexibility index (Phi) is 7.14. The first kappa shape index (κ1) is 31.2. The Morgan fingerprint density at radius 2 is 1.20 bits per heavy atom. The summed E-state index contributed by atoms with van der Waals surface area (Å²) in [5, 5.41) is 9.56. The van der Waals surface area contributed by atoms with E-state index in [1.165, 1.54) is 47.3 Å². The van der Waals surface area contributed by atoms with Crippen LogP contribution in [0.2, 0.25) is 0 Å². The van der Waals surface area contributed by atoms with Crippen LogP contribution in [0.4, 0.5) is 0 Å². The molecule has 2 unspecified atom stereocenters. The minimum Gasteiger partial charge on any atom is -0.456 e. The van der Waals surface area contributed by atoms with E-state index < -0.39 is 0 Å². The fraction of sp³-hybridized carbons (Fsp3) is 0.0800. The highest BCUT2D eigenvalue weighted by Gasteiger charge is 2.29. The largest absolute Gasteiger partial charge is 0.456 e. The Morgan fingerprint density at radius 1 is 0.537 bits per heavy atom. The van der Waals surface area contributed by atoms with E-state index in [1.807, 2.05) is 17.4 Å². The summed E-state index contributed by atoms with van der Waals surface area (Å²) in [5.41, 5.74) is 8.32. The van der Waals surface area contributed by atoms with Gasteiger partial charge in [0.25, 0.3) is 0 Å². The average Bonchev–Trinajstić information content (AvgIpc) is 3.74. The maximum atomic E-state index is 6.65. The van der Waals surface area contributed by atoms with E-state index in [-0.39, 0.29) is 12.0 Å². The van der Waals surface area contributed by atoms with Crippen molar-refractivity contribution in [2.75, 3.05) is 0 Å². The second-order valence-electron chi connectivity index (χ2n) is 14.6. The molecule has 0 bridgehead atoms. The van der Waals surface area contributed by atoms with Crippen molar-refractivity contribution >= 4 is 86.5 Å².